The van der Waals surface area contributed by atoms with E-state index >= 15 is 0 Å². The molecule has 0 amide bonds. The highest BCUT2D eigenvalue weighted by Crippen LogP contribution is 2.40. The first-order chi connectivity index (χ1) is 7.16. The van der Waals surface area contributed by atoms with Gasteiger partial charge < -0.3 is 5.11 Å². The van der Waals surface area contributed by atoms with Crippen LogP contribution in [0.15, 0.2) is 6.20 Å². The van der Waals surface area contributed by atoms with Gasteiger partial charge in [0.25, 0.3) is 0 Å². The maximum absolute atomic E-state index is 10.9. The van der Waals surface area contributed by atoms with Gasteiger partial charge in [0, 0.05) is 17.8 Å². The van der Waals surface area contributed by atoms with Gasteiger partial charge in [-0.25, -0.2) is 9.78 Å². The summed E-state index contributed by atoms with van der Waals surface area (Å²) in [5, 5.41) is 8.95. The van der Waals surface area contributed by atoms with E-state index < -0.39 is 5.97 Å². The Hall–Kier alpha value is -1.36. The lowest BCUT2D eigenvalue weighted by Crippen LogP contribution is -1.96. The molecule has 0 aromatic carbocycles. The Kier molecular flexibility index (Phi) is 1.68. The standard InChI is InChI=1S/C10H10N2O2S/c1-5-8(9(13)14)15-10-11-7(4-12(5)10)6-2-3-6/h4,6H,2-3H2,1H3,(H,13,14). The number of carboxylic acid groups (broad SMARTS) is 1. The van der Waals surface area contributed by atoms with E-state index in [9.17, 15) is 4.79 Å². The predicted octanol–water partition coefficient (Wildman–Crippen LogP) is 2.28. The molecule has 2 heterocycles. The molecule has 1 saturated carbocycles. The number of imidazole rings is 1. The molecule has 0 atom stereocenters. The van der Waals surface area contributed by atoms with E-state index in [1.54, 1.807) is 0 Å². The first-order valence-electron chi connectivity index (χ1n) is 4.88. The third-order valence-corrected chi connectivity index (χ3v) is 3.91. The first kappa shape index (κ1) is 8.91. The quantitative estimate of drug-likeness (QED) is 0.848. The molecule has 2 aromatic heterocycles. The van der Waals surface area contributed by atoms with Gasteiger partial charge in [-0.3, -0.25) is 4.40 Å². The summed E-state index contributed by atoms with van der Waals surface area (Å²) in [5.41, 5.74) is 1.89. The fourth-order valence-electron chi connectivity index (χ4n) is 1.74. The van der Waals surface area contributed by atoms with Crippen LogP contribution in [0, 0.1) is 6.92 Å². The zero-order valence-corrected chi connectivity index (χ0v) is 9.04. The lowest BCUT2D eigenvalue weighted by Gasteiger charge is -1.91. The van der Waals surface area contributed by atoms with Gasteiger partial charge in [-0.05, 0) is 19.8 Å². The number of aryl methyl sites for hydroxylation is 1. The number of rotatable bonds is 2. The Morgan fingerprint density at radius 2 is 2.40 bits per heavy atom. The monoisotopic (exact) mass is 222 g/mol. The number of aromatic nitrogens is 2. The van der Waals surface area contributed by atoms with Gasteiger partial charge in [0.05, 0.1) is 5.69 Å². The Labute approximate surface area is 90.2 Å². The van der Waals surface area contributed by atoms with Crippen LogP contribution < -0.4 is 0 Å². The SMILES string of the molecule is Cc1c(C(=O)O)sc2nc(C3CC3)cn12. The highest BCUT2D eigenvalue weighted by molar-refractivity contribution is 7.18. The van der Waals surface area contributed by atoms with Gasteiger partial charge in [0.15, 0.2) is 4.96 Å². The second-order valence-corrected chi connectivity index (χ2v) is 4.89. The number of carboxylic acids is 1. The predicted molar refractivity (Wildman–Crippen MR) is 56.7 cm³/mol. The van der Waals surface area contributed by atoms with Crippen LogP contribution in [0.1, 0.15) is 39.8 Å². The average Bonchev–Trinajstić information content (AvgIpc) is 2.87. The molecule has 15 heavy (non-hydrogen) atoms. The van der Waals surface area contributed by atoms with Crippen LogP contribution in [0.3, 0.4) is 0 Å². The first-order valence-corrected chi connectivity index (χ1v) is 5.70. The molecule has 1 aliphatic rings. The maximum atomic E-state index is 10.9. The summed E-state index contributed by atoms with van der Waals surface area (Å²) in [5.74, 6) is -0.249. The summed E-state index contributed by atoms with van der Waals surface area (Å²) in [7, 11) is 0. The summed E-state index contributed by atoms with van der Waals surface area (Å²) in [4.78, 5) is 16.5. The van der Waals surface area contributed by atoms with Gasteiger partial charge in [-0.2, -0.15) is 0 Å². The molecular weight excluding hydrogens is 212 g/mol. The minimum atomic E-state index is -0.865. The van der Waals surface area contributed by atoms with Gasteiger partial charge in [-0.15, -0.1) is 0 Å². The molecule has 0 unspecified atom stereocenters. The van der Waals surface area contributed by atoms with Crippen molar-refractivity contribution in [1.82, 2.24) is 9.38 Å². The Morgan fingerprint density at radius 1 is 1.67 bits per heavy atom. The second kappa shape index (κ2) is 2.82. The molecule has 5 heteroatoms. The van der Waals surface area contributed by atoms with Crippen LogP contribution >= 0.6 is 11.3 Å². The smallest absolute Gasteiger partial charge is 0.347 e. The summed E-state index contributed by atoms with van der Waals surface area (Å²) < 4.78 is 1.89. The van der Waals surface area contributed by atoms with Crippen molar-refractivity contribution < 1.29 is 9.90 Å². The van der Waals surface area contributed by atoms with Gasteiger partial charge in [0.2, 0.25) is 0 Å². The summed E-state index contributed by atoms with van der Waals surface area (Å²) in [6.07, 6.45) is 4.41. The van der Waals surface area contributed by atoms with Gasteiger partial charge in [0.1, 0.15) is 4.88 Å². The van der Waals surface area contributed by atoms with Crippen molar-refractivity contribution >= 4 is 22.3 Å². The molecule has 3 rings (SSSR count). The lowest BCUT2D eigenvalue weighted by molar-refractivity contribution is 0.0701. The minimum absolute atomic E-state index is 0.389. The van der Waals surface area contributed by atoms with Crippen LogP contribution in [-0.2, 0) is 0 Å². The fourth-order valence-corrected chi connectivity index (χ4v) is 2.70. The molecule has 1 fully saturated rings. The van der Waals surface area contributed by atoms with E-state index in [1.165, 1.54) is 24.2 Å². The summed E-state index contributed by atoms with van der Waals surface area (Å²) in [6, 6.07) is 0. The van der Waals surface area contributed by atoms with Crippen molar-refractivity contribution in [2.75, 3.05) is 0 Å². The molecule has 4 nitrogen and oxygen atoms in total. The molecule has 1 aliphatic carbocycles. The molecule has 0 saturated heterocycles. The molecule has 2 aromatic rings. The number of hydrogen-bond donors (Lipinski definition) is 1. The summed E-state index contributed by atoms with van der Waals surface area (Å²) in [6.45, 7) is 1.82. The maximum Gasteiger partial charge on any atom is 0.347 e. The van der Waals surface area contributed by atoms with E-state index in [2.05, 4.69) is 4.98 Å². The number of hydrogen-bond acceptors (Lipinski definition) is 3. The van der Waals surface area contributed by atoms with E-state index in [0.29, 0.717) is 10.8 Å². The van der Waals surface area contributed by atoms with Crippen LogP contribution in [0.4, 0.5) is 0 Å². The molecule has 1 N–H and O–H groups in total. The number of carbonyl (C=O) groups is 1. The van der Waals surface area contributed by atoms with E-state index in [0.717, 1.165) is 16.3 Å². The molecule has 0 spiro atoms. The normalized spacial score (nSPS) is 16.1. The van der Waals surface area contributed by atoms with Crippen molar-refractivity contribution in [3.8, 4) is 0 Å². The van der Waals surface area contributed by atoms with Gasteiger partial charge in [-0.1, -0.05) is 11.3 Å². The molecular formula is C10H10N2O2S. The summed E-state index contributed by atoms with van der Waals surface area (Å²) >= 11 is 1.25. The van der Waals surface area contributed by atoms with Crippen LogP contribution in [0.25, 0.3) is 4.96 Å². The van der Waals surface area contributed by atoms with Crippen LogP contribution in [-0.4, -0.2) is 20.5 Å². The lowest BCUT2D eigenvalue weighted by atomic mass is 10.3. The number of thiazole rings is 1. The molecule has 0 aliphatic heterocycles. The Morgan fingerprint density at radius 3 is 2.93 bits per heavy atom. The second-order valence-electron chi connectivity index (χ2n) is 3.91. The van der Waals surface area contributed by atoms with Crippen molar-refractivity contribution in [2.45, 2.75) is 25.7 Å². The average molecular weight is 222 g/mol. The zero-order chi connectivity index (χ0) is 10.6. The zero-order valence-electron chi connectivity index (χ0n) is 8.23. The molecule has 0 bridgehead atoms. The van der Waals surface area contributed by atoms with Crippen molar-refractivity contribution in [2.24, 2.45) is 0 Å². The Bertz CT molecular complexity index is 551. The van der Waals surface area contributed by atoms with Crippen LogP contribution in [0.5, 0.6) is 0 Å². The largest absolute Gasteiger partial charge is 0.477 e. The molecule has 78 valence electrons. The van der Waals surface area contributed by atoms with E-state index in [-0.39, 0.29) is 0 Å². The third-order valence-electron chi connectivity index (χ3n) is 2.77. The van der Waals surface area contributed by atoms with Crippen molar-refractivity contribution in [3.05, 3.63) is 22.5 Å². The highest BCUT2D eigenvalue weighted by atomic mass is 32.1. The number of aromatic carboxylic acids is 1. The van der Waals surface area contributed by atoms with Crippen molar-refractivity contribution in [3.63, 3.8) is 0 Å². The van der Waals surface area contributed by atoms with E-state index in [4.69, 9.17) is 5.11 Å². The Balaban J connectivity index is 2.17. The fraction of sp³-hybridized carbons (Fsp3) is 0.400. The third kappa shape index (κ3) is 1.26. The van der Waals surface area contributed by atoms with Crippen molar-refractivity contribution in [1.29, 1.82) is 0 Å². The van der Waals surface area contributed by atoms with Gasteiger partial charge >= 0.3 is 5.97 Å². The molecule has 0 radical (unpaired) electrons. The minimum Gasteiger partial charge on any atom is -0.477 e. The van der Waals surface area contributed by atoms with E-state index in [1.807, 2.05) is 17.5 Å². The number of nitrogens with zero attached hydrogens (tertiary/aromatic N) is 2. The highest BCUT2D eigenvalue weighted by Gasteiger charge is 2.27. The number of fused-ring (bicyclic) bond motifs is 1. The topological polar surface area (TPSA) is 54.6 Å². The van der Waals surface area contributed by atoms with Crippen LogP contribution in [0.2, 0.25) is 0 Å².